The minimum absolute atomic E-state index is 0.128. The first kappa shape index (κ1) is 16.3. The van der Waals surface area contributed by atoms with Crippen LogP contribution in [0.5, 0.6) is 0 Å². The molecule has 4 rings (SSSR count). The van der Waals surface area contributed by atoms with E-state index in [1.54, 1.807) is 17.2 Å². The molecule has 1 aliphatic rings. The third kappa shape index (κ3) is 3.04. The van der Waals surface area contributed by atoms with Crippen LogP contribution in [0.25, 0.3) is 10.9 Å². The summed E-state index contributed by atoms with van der Waals surface area (Å²) >= 11 is 0. The van der Waals surface area contributed by atoms with Crippen LogP contribution >= 0.6 is 0 Å². The quantitative estimate of drug-likeness (QED) is 0.780. The Morgan fingerprint density at radius 1 is 1.15 bits per heavy atom. The maximum Gasteiger partial charge on any atom is 0.255 e. The van der Waals surface area contributed by atoms with E-state index in [4.69, 9.17) is 0 Å². The first-order chi connectivity index (χ1) is 12.6. The largest absolute Gasteiger partial charge is 0.322 e. The molecule has 1 N–H and O–H groups in total. The highest BCUT2D eigenvalue weighted by atomic mass is 16.2. The maximum absolute atomic E-state index is 12.6. The van der Waals surface area contributed by atoms with Crippen molar-refractivity contribution in [2.75, 3.05) is 10.2 Å². The van der Waals surface area contributed by atoms with E-state index < -0.39 is 0 Å². The van der Waals surface area contributed by atoms with Gasteiger partial charge in [0.15, 0.2) is 0 Å². The summed E-state index contributed by atoms with van der Waals surface area (Å²) in [5, 5.41) is 3.84. The van der Waals surface area contributed by atoms with Gasteiger partial charge in [-0.3, -0.25) is 14.6 Å². The normalized spacial score (nSPS) is 16.9. The number of pyridine rings is 1. The monoisotopic (exact) mass is 345 g/mol. The average molecular weight is 345 g/mol. The van der Waals surface area contributed by atoms with E-state index in [1.165, 1.54) is 0 Å². The smallest absolute Gasteiger partial charge is 0.255 e. The molecule has 130 valence electrons. The number of fused-ring (bicyclic) bond motifs is 1. The minimum atomic E-state index is -0.186. The summed E-state index contributed by atoms with van der Waals surface area (Å²) in [5.41, 5.74) is 2.92. The Labute approximate surface area is 151 Å². The fraction of sp³-hybridized carbons (Fsp3) is 0.190. The maximum atomic E-state index is 12.6. The van der Waals surface area contributed by atoms with Crippen LogP contribution in [0.4, 0.5) is 11.4 Å². The standard InChI is InChI=1S/C21H19N3O2/c1-14-7-10-20(25)24(14)18-6-2-5-17(13-18)23-21(26)16-8-9-19-15(12-16)4-3-11-22-19/h2-6,8-9,11-14H,7,10H2,1H3,(H,23,26). The van der Waals surface area contributed by atoms with Crippen LogP contribution in [-0.4, -0.2) is 22.8 Å². The SMILES string of the molecule is CC1CCC(=O)N1c1cccc(NC(=O)c2ccc3ncccc3c2)c1. The van der Waals surface area contributed by atoms with E-state index in [0.717, 1.165) is 23.0 Å². The number of aromatic nitrogens is 1. The molecule has 3 aromatic rings. The molecule has 0 radical (unpaired) electrons. The predicted molar refractivity (Wildman–Crippen MR) is 102 cm³/mol. The van der Waals surface area contributed by atoms with Crippen molar-refractivity contribution in [3.63, 3.8) is 0 Å². The molecule has 1 saturated heterocycles. The summed E-state index contributed by atoms with van der Waals surface area (Å²) in [6.45, 7) is 2.04. The zero-order valence-corrected chi connectivity index (χ0v) is 14.5. The van der Waals surface area contributed by atoms with Gasteiger partial charge in [-0.15, -0.1) is 0 Å². The van der Waals surface area contributed by atoms with Gasteiger partial charge in [0.25, 0.3) is 5.91 Å². The van der Waals surface area contributed by atoms with Crippen molar-refractivity contribution < 1.29 is 9.59 Å². The Morgan fingerprint density at radius 3 is 2.85 bits per heavy atom. The molecule has 0 bridgehead atoms. The Balaban J connectivity index is 1.57. The van der Waals surface area contributed by atoms with Crippen molar-refractivity contribution in [1.29, 1.82) is 0 Å². The van der Waals surface area contributed by atoms with Gasteiger partial charge in [0.2, 0.25) is 5.91 Å². The Hall–Kier alpha value is -3.21. The van der Waals surface area contributed by atoms with Crippen LogP contribution < -0.4 is 10.2 Å². The molecule has 0 saturated carbocycles. The summed E-state index contributed by atoms with van der Waals surface area (Å²) < 4.78 is 0. The number of carbonyl (C=O) groups excluding carboxylic acids is 2. The lowest BCUT2D eigenvalue weighted by atomic mass is 10.1. The third-order valence-corrected chi connectivity index (χ3v) is 4.73. The molecule has 1 fully saturated rings. The number of carbonyl (C=O) groups is 2. The number of benzene rings is 2. The van der Waals surface area contributed by atoms with Crippen LogP contribution in [0.15, 0.2) is 60.8 Å². The van der Waals surface area contributed by atoms with Crippen LogP contribution in [0.3, 0.4) is 0 Å². The van der Waals surface area contributed by atoms with Crippen LogP contribution in [-0.2, 0) is 4.79 Å². The van der Waals surface area contributed by atoms with E-state index in [-0.39, 0.29) is 17.9 Å². The van der Waals surface area contributed by atoms with Gasteiger partial charge in [0.1, 0.15) is 0 Å². The molecule has 0 spiro atoms. The van der Waals surface area contributed by atoms with Crippen molar-refractivity contribution in [1.82, 2.24) is 4.98 Å². The van der Waals surface area contributed by atoms with Crippen molar-refractivity contribution in [2.24, 2.45) is 0 Å². The summed E-state index contributed by atoms with van der Waals surface area (Å²) in [5.74, 6) is -0.0586. The molecular formula is C21H19N3O2. The molecule has 1 unspecified atom stereocenters. The second kappa shape index (κ2) is 6.59. The molecule has 5 nitrogen and oxygen atoms in total. The molecule has 5 heteroatoms. The van der Waals surface area contributed by atoms with Crippen molar-refractivity contribution in [3.05, 3.63) is 66.4 Å². The molecule has 0 aliphatic carbocycles. The average Bonchev–Trinajstić information content (AvgIpc) is 3.00. The number of hydrogen-bond acceptors (Lipinski definition) is 3. The third-order valence-electron chi connectivity index (χ3n) is 4.73. The van der Waals surface area contributed by atoms with Gasteiger partial charge in [0, 0.05) is 41.0 Å². The second-order valence-corrected chi connectivity index (χ2v) is 6.57. The Bertz CT molecular complexity index is 999. The Morgan fingerprint density at radius 2 is 2.04 bits per heavy atom. The topological polar surface area (TPSA) is 62.3 Å². The predicted octanol–water partition coefficient (Wildman–Crippen LogP) is 4.00. The van der Waals surface area contributed by atoms with Crippen LogP contribution in [0.2, 0.25) is 0 Å². The van der Waals surface area contributed by atoms with Gasteiger partial charge in [-0.2, -0.15) is 0 Å². The molecular weight excluding hydrogens is 326 g/mol. The van der Waals surface area contributed by atoms with Crippen LogP contribution in [0, 0.1) is 0 Å². The summed E-state index contributed by atoms with van der Waals surface area (Å²) in [4.78, 5) is 30.8. The molecule has 1 aliphatic heterocycles. The van der Waals surface area contributed by atoms with Crippen molar-refractivity contribution in [2.45, 2.75) is 25.8 Å². The van der Waals surface area contributed by atoms with Gasteiger partial charge in [-0.25, -0.2) is 0 Å². The van der Waals surface area contributed by atoms with Crippen molar-refractivity contribution in [3.8, 4) is 0 Å². The first-order valence-corrected chi connectivity index (χ1v) is 8.70. The molecule has 26 heavy (non-hydrogen) atoms. The molecule has 1 aromatic heterocycles. The fourth-order valence-corrected chi connectivity index (χ4v) is 3.38. The molecule has 2 heterocycles. The van der Waals surface area contributed by atoms with E-state index in [1.807, 2.05) is 55.5 Å². The van der Waals surface area contributed by atoms with E-state index in [9.17, 15) is 9.59 Å². The number of nitrogens with zero attached hydrogens (tertiary/aromatic N) is 2. The number of hydrogen-bond donors (Lipinski definition) is 1. The minimum Gasteiger partial charge on any atom is -0.322 e. The lowest BCUT2D eigenvalue weighted by Crippen LogP contribution is -2.30. The van der Waals surface area contributed by atoms with Gasteiger partial charge in [-0.05, 0) is 55.8 Å². The van der Waals surface area contributed by atoms with Crippen molar-refractivity contribution >= 4 is 34.1 Å². The highest BCUT2D eigenvalue weighted by Crippen LogP contribution is 2.28. The number of anilines is 2. The second-order valence-electron chi connectivity index (χ2n) is 6.57. The zero-order valence-electron chi connectivity index (χ0n) is 14.5. The van der Waals surface area contributed by atoms with Gasteiger partial charge < -0.3 is 10.2 Å². The number of nitrogens with one attached hydrogen (secondary N) is 1. The molecule has 2 aromatic carbocycles. The lowest BCUT2D eigenvalue weighted by molar-refractivity contribution is -0.117. The van der Waals surface area contributed by atoms with Gasteiger partial charge in [0.05, 0.1) is 5.52 Å². The highest BCUT2D eigenvalue weighted by molar-refractivity contribution is 6.06. The fourth-order valence-electron chi connectivity index (χ4n) is 3.38. The van der Waals surface area contributed by atoms with Gasteiger partial charge >= 0.3 is 0 Å². The Kier molecular flexibility index (Phi) is 4.13. The number of rotatable bonds is 3. The van der Waals surface area contributed by atoms with E-state index in [2.05, 4.69) is 10.3 Å². The summed E-state index contributed by atoms with van der Waals surface area (Å²) in [6.07, 6.45) is 3.16. The lowest BCUT2D eigenvalue weighted by Gasteiger charge is -2.22. The first-order valence-electron chi connectivity index (χ1n) is 8.70. The summed E-state index contributed by atoms with van der Waals surface area (Å²) in [6, 6.07) is 16.8. The highest BCUT2D eigenvalue weighted by Gasteiger charge is 2.28. The number of amides is 2. The molecule has 2 amide bonds. The van der Waals surface area contributed by atoms with Gasteiger partial charge in [-0.1, -0.05) is 12.1 Å². The van der Waals surface area contributed by atoms with E-state index >= 15 is 0 Å². The zero-order chi connectivity index (χ0) is 18.1. The van der Waals surface area contributed by atoms with Crippen LogP contribution in [0.1, 0.15) is 30.1 Å². The summed E-state index contributed by atoms with van der Waals surface area (Å²) in [7, 11) is 0. The van der Waals surface area contributed by atoms with E-state index in [0.29, 0.717) is 17.7 Å². The molecule has 1 atom stereocenters.